The number of aromatic nitrogens is 2. The number of benzene rings is 7. The summed E-state index contributed by atoms with van der Waals surface area (Å²) < 4.78 is 12.2. The second kappa shape index (κ2) is 12.2. The van der Waals surface area contributed by atoms with E-state index < -0.39 is 0 Å². The Morgan fingerprint density at radius 1 is 0.439 bits per heavy atom. The molecule has 0 spiro atoms. The number of nitrogens with zero attached hydrogens (tertiary/aromatic N) is 2. The Labute approximate surface area is 336 Å². The van der Waals surface area contributed by atoms with Crippen LogP contribution in [0, 0.1) is 0 Å². The van der Waals surface area contributed by atoms with Crippen molar-refractivity contribution < 1.29 is 9.47 Å². The summed E-state index contributed by atoms with van der Waals surface area (Å²) in [5.41, 5.74) is 16.3. The second-order valence-corrected chi connectivity index (χ2v) is 17.5. The van der Waals surface area contributed by atoms with Crippen molar-refractivity contribution in [1.82, 2.24) is 9.97 Å². The van der Waals surface area contributed by atoms with Gasteiger partial charge in [0.2, 0.25) is 0 Å². The number of ether oxygens (including phenoxy) is 2. The van der Waals surface area contributed by atoms with Crippen LogP contribution in [-0.2, 0) is 10.8 Å². The summed E-state index contributed by atoms with van der Waals surface area (Å²) in [6.45, 7) is 14.6. The molecular formula is C52H42N2O2S. The highest BCUT2D eigenvalue weighted by Crippen LogP contribution is 2.57. The molecule has 11 rings (SSSR count). The van der Waals surface area contributed by atoms with Gasteiger partial charge in [-0.05, 0) is 106 Å². The zero-order valence-corrected chi connectivity index (χ0v) is 33.9. The Hall–Kier alpha value is -6.04. The van der Waals surface area contributed by atoms with Crippen LogP contribution in [0.1, 0.15) is 63.8 Å². The summed E-state index contributed by atoms with van der Waals surface area (Å²) in [5.74, 6) is 1.65. The number of hydrogen-bond donors (Lipinski definition) is 0. The van der Waals surface area contributed by atoms with E-state index in [-0.39, 0.29) is 10.8 Å². The second-order valence-electron chi connectivity index (χ2n) is 16.5. The molecule has 0 amide bonds. The van der Waals surface area contributed by atoms with Crippen LogP contribution >= 0.6 is 11.3 Å². The van der Waals surface area contributed by atoms with E-state index in [9.17, 15) is 0 Å². The molecule has 57 heavy (non-hydrogen) atoms. The Bertz CT molecular complexity index is 2960. The molecule has 278 valence electrons. The molecule has 0 radical (unpaired) electrons. The first-order valence-electron chi connectivity index (χ1n) is 20.1. The third-order valence-electron chi connectivity index (χ3n) is 12.6. The average Bonchev–Trinajstić information content (AvgIpc) is 3.80. The summed E-state index contributed by atoms with van der Waals surface area (Å²) >= 11 is 1.83. The van der Waals surface area contributed by atoms with Gasteiger partial charge in [-0.25, -0.2) is 9.97 Å². The maximum Gasteiger partial charge on any atom is 0.119 e. The molecule has 9 aromatic rings. The van der Waals surface area contributed by atoms with Crippen LogP contribution in [0.2, 0.25) is 0 Å². The number of thiophene rings is 1. The normalized spacial score (nSPS) is 14.6. The molecule has 0 saturated carbocycles. The van der Waals surface area contributed by atoms with Crippen LogP contribution < -0.4 is 9.47 Å². The molecule has 0 bridgehead atoms. The highest BCUT2D eigenvalue weighted by atomic mass is 32.1. The average molecular weight is 759 g/mol. The third kappa shape index (κ3) is 4.72. The Morgan fingerprint density at radius 3 is 1.28 bits per heavy atom. The van der Waals surface area contributed by atoms with Gasteiger partial charge in [0.15, 0.2) is 0 Å². The molecule has 2 heterocycles. The molecule has 0 aliphatic heterocycles. The van der Waals surface area contributed by atoms with Gasteiger partial charge in [0.1, 0.15) is 22.5 Å². The third-order valence-corrected chi connectivity index (χ3v) is 13.9. The quantitative estimate of drug-likeness (QED) is 0.158. The Kier molecular flexibility index (Phi) is 7.34. The lowest BCUT2D eigenvalue weighted by molar-refractivity contribution is 0.340. The molecule has 2 aromatic heterocycles. The van der Waals surface area contributed by atoms with Crippen molar-refractivity contribution in [3.63, 3.8) is 0 Å². The first kappa shape index (κ1) is 34.2. The minimum absolute atomic E-state index is 0.130. The van der Waals surface area contributed by atoms with E-state index >= 15 is 0 Å². The first-order chi connectivity index (χ1) is 27.7. The van der Waals surface area contributed by atoms with Crippen molar-refractivity contribution in [1.29, 1.82) is 0 Å². The van der Waals surface area contributed by atoms with E-state index in [1.165, 1.54) is 55.6 Å². The van der Waals surface area contributed by atoms with Crippen molar-refractivity contribution in [2.45, 2.75) is 52.4 Å². The lowest BCUT2D eigenvalue weighted by Gasteiger charge is -2.21. The zero-order chi connectivity index (χ0) is 38.8. The molecular weight excluding hydrogens is 717 g/mol. The molecule has 0 fully saturated rings. The van der Waals surface area contributed by atoms with Crippen LogP contribution in [0.3, 0.4) is 0 Å². The lowest BCUT2D eigenvalue weighted by atomic mass is 9.82. The Balaban J connectivity index is 1.31. The van der Waals surface area contributed by atoms with E-state index in [0.717, 1.165) is 64.9 Å². The fourth-order valence-electron chi connectivity index (χ4n) is 10.0. The van der Waals surface area contributed by atoms with Gasteiger partial charge in [0.25, 0.3) is 0 Å². The molecule has 0 atom stereocenters. The highest BCUT2D eigenvalue weighted by molar-refractivity contribution is 7.21. The van der Waals surface area contributed by atoms with E-state index in [1.807, 2.05) is 25.2 Å². The molecule has 0 unspecified atom stereocenters. The lowest BCUT2D eigenvalue weighted by Crippen LogP contribution is -2.14. The van der Waals surface area contributed by atoms with Crippen molar-refractivity contribution in [3.8, 4) is 54.6 Å². The SMILES string of the molecule is CCOc1ccc2c3ccc(OCC)cc3c3nc4c(-c5cccc6c5-c5ccccc5C6(C)C)sc(-c5cccc6c5-c5ccccc5C6(C)C)c4nc3c2c1. The molecule has 0 saturated heterocycles. The molecule has 4 nitrogen and oxygen atoms in total. The number of hydrogen-bond acceptors (Lipinski definition) is 5. The topological polar surface area (TPSA) is 44.2 Å². The monoisotopic (exact) mass is 758 g/mol. The van der Waals surface area contributed by atoms with Crippen LogP contribution in [0.4, 0.5) is 0 Å². The minimum Gasteiger partial charge on any atom is -0.494 e. The van der Waals surface area contributed by atoms with Crippen LogP contribution in [0.25, 0.3) is 86.7 Å². The number of fused-ring (bicyclic) bond motifs is 13. The predicted molar refractivity (Wildman–Crippen MR) is 238 cm³/mol. The smallest absolute Gasteiger partial charge is 0.119 e. The maximum atomic E-state index is 6.09. The van der Waals surface area contributed by atoms with Gasteiger partial charge >= 0.3 is 0 Å². The largest absolute Gasteiger partial charge is 0.494 e. The summed E-state index contributed by atoms with van der Waals surface area (Å²) in [6, 6.07) is 44.3. The fourth-order valence-corrected chi connectivity index (χ4v) is 11.2. The van der Waals surface area contributed by atoms with E-state index in [0.29, 0.717) is 13.2 Å². The van der Waals surface area contributed by atoms with Crippen LogP contribution in [0.5, 0.6) is 11.5 Å². The van der Waals surface area contributed by atoms with Gasteiger partial charge in [-0.3, -0.25) is 0 Å². The summed E-state index contributed by atoms with van der Waals surface area (Å²) in [4.78, 5) is 13.9. The Morgan fingerprint density at radius 2 is 0.842 bits per heavy atom. The fraction of sp³-hybridized carbons (Fsp3) is 0.192. The predicted octanol–water partition coefficient (Wildman–Crippen LogP) is 13.9. The van der Waals surface area contributed by atoms with Gasteiger partial charge in [-0.15, -0.1) is 11.3 Å². The van der Waals surface area contributed by atoms with Gasteiger partial charge in [-0.2, -0.15) is 0 Å². The summed E-state index contributed by atoms with van der Waals surface area (Å²) in [7, 11) is 0. The van der Waals surface area contributed by atoms with Crippen molar-refractivity contribution >= 4 is 54.9 Å². The summed E-state index contributed by atoms with van der Waals surface area (Å²) in [6.07, 6.45) is 0. The van der Waals surface area contributed by atoms with Gasteiger partial charge in [-0.1, -0.05) is 113 Å². The van der Waals surface area contributed by atoms with Crippen molar-refractivity contribution in [3.05, 3.63) is 144 Å². The van der Waals surface area contributed by atoms with Crippen molar-refractivity contribution in [2.24, 2.45) is 0 Å². The van der Waals surface area contributed by atoms with E-state index in [1.54, 1.807) is 0 Å². The van der Waals surface area contributed by atoms with E-state index in [2.05, 4.69) is 149 Å². The van der Waals surface area contributed by atoms with E-state index in [4.69, 9.17) is 19.4 Å². The van der Waals surface area contributed by atoms with Gasteiger partial charge in [0, 0.05) is 32.7 Å². The molecule has 2 aliphatic carbocycles. The van der Waals surface area contributed by atoms with Gasteiger partial charge < -0.3 is 9.47 Å². The molecule has 5 heteroatoms. The maximum absolute atomic E-state index is 6.09. The van der Waals surface area contributed by atoms with Gasteiger partial charge in [0.05, 0.1) is 34.0 Å². The number of rotatable bonds is 6. The summed E-state index contributed by atoms with van der Waals surface area (Å²) in [5, 5.41) is 4.29. The minimum atomic E-state index is -0.130. The molecule has 2 aliphatic rings. The standard InChI is InChI=1S/C52H42N2O2S/c1-7-55-29-23-25-31-32-26-24-30(56-8-2)28-38(32)46-45(37(31)27-29)53-47-48(54-46)50(36-18-14-22-42-44(36)34-16-10-12-20-40(34)52(42,5)6)57-49(47)35-17-13-21-41-43(35)33-15-9-11-19-39(33)51(41,3)4/h9-28H,7-8H2,1-6H3. The zero-order valence-electron chi connectivity index (χ0n) is 33.1. The van der Waals surface area contributed by atoms with Crippen molar-refractivity contribution in [2.75, 3.05) is 13.2 Å². The highest BCUT2D eigenvalue weighted by Gasteiger charge is 2.39. The molecule has 0 N–H and O–H groups in total. The van der Waals surface area contributed by atoms with Crippen LogP contribution in [0.15, 0.2) is 121 Å². The first-order valence-corrected chi connectivity index (χ1v) is 20.9. The van der Waals surface area contributed by atoms with Crippen LogP contribution in [-0.4, -0.2) is 23.2 Å². The molecule has 7 aromatic carbocycles.